The third-order valence-corrected chi connectivity index (χ3v) is 5.41. The monoisotopic (exact) mass is 375 g/mol. The average Bonchev–Trinajstić information content (AvgIpc) is 3.04. The van der Waals surface area contributed by atoms with Crippen molar-refractivity contribution in [1.29, 1.82) is 0 Å². The molecule has 1 aliphatic rings. The topological polar surface area (TPSA) is 98.7 Å². The van der Waals surface area contributed by atoms with Crippen LogP contribution in [0.1, 0.15) is 21.8 Å². The van der Waals surface area contributed by atoms with E-state index in [9.17, 15) is 9.59 Å². The van der Waals surface area contributed by atoms with Crippen LogP contribution in [0.5, 0.6) is 0 Å². The zero-order valence-electron chi connectivity index (χ0n) is 14.5. The Morgan fingerprint density at radius 1 is 1.19 bits per heavy atom. The van der Waals surface area contributed by atoms with Crippen molar-refractivity contribution in [3.8, 4) is 0 Å². The minimum atomic E-state index is -0.931. The van der Waals surface area contributed by atoms with Crippen LogP contribution in [0.2, 0.25) is 0 Å². The molecule has 26 heavy (non-hydrogen) atoms. The van der Waals surface area contributed by atoms with Crippen molar-refractivity contribution in [2.45, 2.75) is 13.3 Å². The van der Waals surface area contributed by atoms with E-state index < -0.39 is 5.97 Å². The number of rotatable bonds is 6. The molecule has 0 saturated carbocycles. The predicted molar refractivity (Wildman–Crippen MR) is 100 cm³/mol. The highest BCUT2D eigenvalue weighted by Gasteiger charge is 2.22. The number of carboxylic acids is 1. The number of carboxylic acid groups (broad SMARTS) is 1. The maximum Gasteiger partial charge on any atom is 0.305 e. The molecule has 0 spiro atoms. The van der Waals surface area contributed by atoms with Crippen LogP contribution in [-0.4, -0.2) is 59.7 Å². The van der Waals surface area contributed by atoms with Crippen LogP contribution in [0.15, 0.2) is 24.5 Å². The molecule has 0 radical (unpaired) electrons. The highest BCUT2D eigenvalue weighted by Crippen LogP contribution is 2.27. The summed E-state index contributed by atoms with van der Waals surface area (Å²) in [6, 6.07) is 4.01. The molecule has 0 unspecified atom stereocenters. The van der Waals surface area contributed by atoms with Gasteiger partial charge in [-0.1, -0.05) is 11.3 Å². The minimum absolute atomic E-state index is 0.0899. The van der Waals surface area contributed by atoms with Gasteiger partial charge in [0.25, 0.3) is 5.91 Å². The average molecular weight is 375 g/mol. The van der Waals surface area contributed by atoms with E-state index in [4.69, 9.17) is 5.11 Å². The number of carbonyl (C=O) groups excluding carboxylic acids is 1. The molecule has 0 aromatic carbocycles. The molecule has 1 fully saturated rings. The van der Waals surface area contributed by atoms with Gasteiger partial charge in [-0.3, -0.25) is 14.6 Å². The lowest BCUT2D eigenvalue weighted by molar-refractivity contribution is -0.136. The number of nitrogens with zero attached hydrogens (tertiary/aromatic N) is 4. The highest BCUT2D eigenvalue weighted by atomic mass is 32.1. The number of aliphatic carboxylic acids is 1. The number of pyridine rings is 1. The third kappa shape index (κ3) is 4.29. The molecular formula is C17H21N5O3S. The lowest BCUT2D eigenvalue weighted by Gasteiger charge is -2.35. The first kappa shape index (κ1) is 18.1. The van der Waals surface area contributed by atoms with Crippen LogP contribution in [-0.2, 0) is 4.79 Å². The Bertz CT molecular complexity index is 772. The molecule has 3 heterocycles. The highest BCUT2D eigenvalue weighted by molar-refractivity contribution is 7.17. The number of hydrogen-bond acceptors (Lipinski definition) is 7. The van der Waals surface area contributed by atoms with Crippen LogP contribution in [0.3, 0.4) is 0 Å². The summed E-state index contributed by atoms with van der Waals surface area (Å²) in [4.78, 5) is 36.4. The summed E-state index contributed by atoms with van der Waals surface area (Å²) in [5.74, 6) is -1.19. The summed E-state index contributed by atoms with van der Waals surface area (Å²) in [6.45, 7) is 5.33. The van der Waals surface area contributed by atoms with Crippen molar-refractivity contribution in [3.63, 3.8) is 0 Å². The van der Waals surface area contributed by atoms with E-state index in [1.807, 2.05) is 12.1 Å². The molecule has 3 rings (SSSR count). The van der Waals surface area contributed by atoms with E-state index in [0.717, 1.165) is 37.0 Å². The third-order valence-electron chi connectivity index (χ3n) is 4.19. The zero-order valence-corrected chi connectivity index (χ0v) is 15.3. The second-order valence-corrected chi connectivity index (χ2v) is 6.97. The van der Waals surface area contributed by atoms with Gasteiger partial charge in [-0.15, -0.1) is 0 Å². The maximum atomic E-state index is 12.2. The normalized spacial score (nSPS) is 14.3. The van der Waals surface area contributed by atoms with Gasteiger partial charge in [0.05, 0.1) is 12.1 Å². The summed E-state index contributed by atoms with van der Waals surface area (Å²) in [7, 11) is 0. The molecule has 0 aliphatic carbocycles. The first-order valence-corrected chi connectivity index (χ1v) is 9.23. The van der Waals surface area contributed by atoms with Gasteiger partial charge in [0.15, 0.2) is 5.13 Å². The largest absolute Gasteiger partial charge is 0.481 e. The van der Waals surface area contributed by atoms with E-state index in [-0.39, 0.29) is 18.9 Å². The number of aryl methyl sites for hydroxylation is 1. The van der Waals surface area contributed by atoms with Gasteiger partial charge in [0.2, 0.25) is 0 Å². The number of piperazine rings is 1. The molecule has 2 aromatic rings. The second-order valence-electron chi connectivity index (χ2n) is 5.99. The maximum absolute atomic E-state index is 12.2. The van der Waals surface area contributed by atoms with Crippen molar-refractivity contribution in [1.82, 2.24) is 15.3 Å². The minimum Gasteiger partial charge on any atom is -0.481 e. The van der Waals surface area contributed by atoms with Gasteiger partial charge in [-0.2, -0.15) is 0 Å². The molecule has 2 N–H and O–H groups in total. The van der Waals surface area contributed by atoms with Gasteiger partial charge >= 0.3 is 5.97 Å². The van der Waals surface area contributed by atoms with Crippen molar-refractivity contribution in [2.75, 3.05) is 42.5 Å². The van der Waals surface area contributed by atoms with Crippen molar-refractivity contribution >= 4 is 34.0 Å². The predicted octanol–water partition coefficient (Wildman–Crippen LogP) is 1.38. The van der Waals surface area contributed by atoms with Gasteiger partial charge in [0.1, 0.15) is 4.88 Å². The molecule has 1 amide bonds. The lowest BCUT2D eigenvalue weighted by Crippen LogP contribution is -2.46. The van der Waals surface area contributed by atoms with E-state index in [0.29, 0.717) is 10.6 Å². The molecule has 1 saturated heterocycles. The quantitative estimate of drug-likeness (QED) is 0.787. The summed E-state index contributed by atoms with van der Waals surface area (Å²) >= 11 is 1.36. The Morgan fingerprint density at radius 2 is 1.85 bits per heavy atom. The summed E-state index contributed by atoms with van der Waals surface area (Å²) in [5.41, 5.74) is 1.84. The Labute approximate surface area is 155 Å². The van der Waals surface area contributed by atoms with Crippen LogP contribution >= 0.6 is 11.3 Å². The second kappa shape index (κ2) is 8.13. The Hall–Kier alpha value is -2.68. The molecule has 2 aromatic heterocycles. The number of hydrogen-bond donors (Lipinski definition) is 2. The molecule has 8 nitrogen and oxygen atoms in total. The van der Waals surface area contributed by atoms with Crippen LogP contribution < -0.4 is 15.1 Å². The fourth-order valence-electron chi connectivity index (χ4n) is 2.80. The fraction of sp³-hybridized carbons (Fsp3) is 0.412. The first-order valence-electron chi connectivity index (χ1n) is 8.42. The van der Waals surface area contributed by atoms with Gasteiger partial charge in [-0.05, 0) is 19.1 Å². The summed E-state index contributed by atoms with van der Waals surface area (Å²) < 4.78 is 0. The molecule has 138 valence electrons. The van der Waals surface area contributed by atoms with Crippen molar-refractivity contribution in [2.24, 2.45) is 0 Å². The fourth-order valence-corrected chi connectivity index (χ4v) is 3.84. The molecular weight excluding hydrogens is 354 g/mol. The van der Waals surface area contributed by atoms with Gasteiger partial charge in [0, 0.05) is 50.8 Å². The van der Waals surface area contributed by atoms with Crippen molar-refractivity contribution < 1.29 is 14.7 Å². The Morgan fingerprint density at radius 3 is 2.50 bits per heavy atom. The number of nitrogens with one attached hydrogen (secondary N) is 1. The van der Waals surface area contributed by atoms with Crippen molar-refractivity contribution in [3.05, 3.63) is 35.1 Å². The smallest absolute Gasteiger partial charge is 0.305 e. The van der Waals surface area contributed by atoms with E-state index >= 15 is 0 Å². The van der Waals surface area contributed by atoms with E-state index in [2.05, 4.69) is 25.1 Å². The van der Waals surface area contributed by atoms with Crippen LogP contribution in [0.4, 0.5) is 10.8 Å². The van der Waals surface area contributed by atoms with E-state index in [1.54, 1.807) is 19.3 Å². The molecule has 0 atom stereocenters. The standard InChI is InChI=1S/C17H21N5O3S/c1-12-15(16(25)19-7-4-14(23)24)26-17(20-12)22-10-8-21(9-11-22)13-2-5-18-6-3-13/h2-3,5-6H,4,7-11H2,1H3,(H,19,25)(H,23,24). The zero-order chi connectivity index (χ0) is 18.5. The molecule has 9 heteroatoms. The van der Waals surface area contributed by atoms with Gasteiger partial charge in [-0.25, -0.2) is 4.98 Å². The number of aromatic nitrogens is 2. The number of thiazole rings is 1. The van der Waals surface area contributed by atoms with Crippen LogP contribution in [0, 0.1) is 6.92 Å². The SMILES string of the molecule is Cc1nc(N2CCN(c3ccncc3)CC2)sc1C(=O)NCCC(=O)O. The first-order chi connectivity index (χ1) is 12.5. The lowest BCUT2D eigenvalue weighted by atomic mass is 10.3. The summed E-state index contributed by atoms with van der Waals surface area (Å²) in [5, 5.41) is 12.1. The number of carbonyl (C=O) groups is 2. The number of amides is 1. The Balaban J connectivity index is 1.59. The van der Waals surface area contributed by atoms with Gasteiger partial charge < -0.3 is 20.2 Å². The summed E-state index contributed by atoms with van der Waals surface area (Å²) in [6.07, 6.45) is 3.50. The number of anilines is 2. The molecule has 1 aliphatic heterocycles. The van der Waals surface area contributed by atoms with Crippen LogP contribution in [0.25, 0.3) is 0 Å². The Kier molecular flexibility index (Phi) is 5.67. The van der Waals surface area contributed by atoms with E-state index in [1.165, 1.54) is 11.3 Å². The molecule has 0 bridgehead atoms.